The largest absolute Gasteiger partial charge is 0.342 e. The lowest BCUT2D eigenvalue weighted by Gasteiger charge is -2.15. The lowest BCUT2D eigenvalue weighted by atomic mass is 10.1. The van der Waals surface area contributed by atoms with Crippen molar-refractivity contribution < 1.29 is 14.5 Å². The second-order valence-corrected chi connectivity index (χ2v) is 8.84. The third-order valence-corrected chi connectivity index (χ3v) is 6.11. The minimum absolute atomic E-state index is 0.0154. The highest BCUT2D eigenvalue weighted by Crippen LogP contribution is 2.24. The Hall–Kier alpha value is -3.99. The van der Waals surface area contributed by atoms with Crippen LogP contribution in [0.3, 0.4) is 0 Å². The standard InChI is InChI=1S/C24H26N6O4S/c1-5-12-29-22(17(4)25-23(32)18-9-6-15(2)7-10-18)27-28-24(29)35-14-21(31)26-20-13-19(30(33)34)11-8-16(20)3/h5-11,13,17H,1,12,14H2,2-4H3,(H,25,32)(H,26,31)/t17-/m0/s1. The van der Waals surface area contributed by atoms with Gasteiger partial charge in [0.1, 0.15) is 0 Å². The van der Waals surface area contributed by atoms with Gasteiger partial charge in [0.2, 0.25) is 5.91 Å². The van der Waals surface area contributed by atoms with Gasteiger partial charge in [0, 0.05) is 24.2 Å². The predicted molar refractivity (Wildman–Crippen MR) is 134 cm³/mol. The number of nitro benzene ring substituents is 1. The van der Waals surface area contributed by atoms with E-state index in [4.69, 9.17) is 0 Å². The molecule has 0 saturated carbocycles. The zero-order chi connectivity index (χ0) is 25.5. The van der Waals surface area contributed by atoms with Crippen LogP contribution in [0.1, 0.15) is 40.3 Å². The summed E-state index contributed by atoms with van der Waals surface area (Å²) in [5.74, 6) is -0.0231. The van der Waals surface area contributed by atoms with Crippen molar-refractivity contribution in [1.29, 1.82) is 0 Å². The Morgan fingerprint density at radius 2 is 1.91 bits per heavy atom. The molecular formula is C24H26N6O4S. The maximum Gasteiger partial charge on any atom is 0.271 e. The van der Waals surface area contributed by atoms with Crippen LogP contribution in [0.2, 0.25) is 0 Å². The van der Waals surface area contributed by atoms with E-state index < -0.39 is 11.0 Å². The van der Waals surface area contributed by atoms with Crippen molar-refractivity contribution in [2.75, 3.05) is 11.1 Å². The summed E-state index contributed by atoms with van der Waals surface area (Å²) in [6.07, 6.45) is 1.68. The summed E-state index contributed by atoms with van der Waals surface area (Å²) >= 11 is 1.17. The van der Waals surface area contributed by atoms with E-state index in [9.17, 15) is 19.7 Å². The van der Waals surface area contributed by atoms with Gasteiger partial charge < -0.3 is 15.2 Å². The van der Waals surface area contributed by atoms with Crippen molar-refractivity contribution in [3.63, 3.8) is 0 Å². The number of thioether (sulfide) groups is 1. The van der Waals surface area contributed by atoms with E-state index in [0.29, 0.717) is 34.3 Å². The van der Waals surface area contributed by atoms with Gasteiger partial charge in [-0.2, -0.15) is 0 Å². The fourth-order valence-corrected chi connectivity index (χ4v) is 4.01. The maximum absolute atomic E-state index is 12.6. The highest BCUT2D eigenvalue weighted by atomic mass is 32.2. The molecule has 11 heteroatoms. The van der Waals surface area contributed by atoms with Gasteiger partial charge in [0.05, 0.1) is 22.4 Å². The first-order valence-electron chi connectivity index (χ1n) is 10.8. The number of benzene rings is 2. The molecule has 2 N–H and O–H groups in total. The van der Waals surface area contributed by atoms with Crippen molar-refractivity contribution in [3.8, 4) is 0 Å². The molecule has 0 saturated heterocycles. The molecule has 0 unspecified atom stereocenters. The summed E-state index contributed by atoms with van der Waals surface area (Å²) in [4.78, 5) is 35.6. The van der Waals surface area contributed by atoms with E-state index in [2.05, 4.69) is 27.4 Å². The molecule has 1 aromatic heterocycles. The number of carbonyl (C=O) groups is 2. The number of aryl methyl sites for hydroxylation is 2. The molecule has 35 heavy (non-hydrogen) atoms. The summed E-state index contributed by atoms with van der Waals surface area (Å²) < 4.78 is 1.78. The Kier molecular flexibility index (Phi) is 8.37. The number of hydrogen-bond acceptors (Lipinski definition) is 7. The average molecular weight is 495 g/mol. The average Bonchev–Trinajstić information content (AvgIpc) is 3.22. The minimum atomic E-state index is -0.512. The lowest BCUT2D eigenvalue weighted by molar-refractivity contribution is -0.384. The van der Waals surface area contributed by atoms with Gasteiger partial charge in [-0.25, -0.2) is 0 Å². The molecule has 0 spiro atoms. The summed E-state index contributed by atoms with van der Waals surface area (Å²) in [5, 5.41) is 25.5. The van der Waals surface area contributed by atoms with Crippen molar-refractivity contribution in [2.24, 2.45) is 0 Å². The van der Waals surface area contributed by atoms with Gasteiger partial charge in [0.25, 0.3) is 11.6 Å². The molecule has 2 amide bonds. The van der Waals surface area contributed by atoms with Crippen molar-refractivity contribution >= 4 is 35.0 Å². The Bertz CT molecular complexity index is 1260. The summed E-state index contributed by atoms with van der Waals surface area (Å²) in [5.41, 5.74) is 2.59. The number of nitrogens with one attached hydrogen (secondary N) is 2. The van der Waals surface area contributed by atoms with Crippen LogP contribution in [0.5, 0.6) is 0 Å². The minimum Gasteiger partial charge on any atom is -0.342 e. The highest BCUT2D eigenvalue weighted by molar-refractivity contribution is 7.99. The number of anilines is 1. The van der Waals surface area contributed by atoms with Crippen LogP contribution >= 0.6 is 11.8 Å². The van der Waals surface area contributed by atoms with Crippen molar-refractivity contribution in [1.82, 2.24) is 20.1 Å². The molecule has 182 valence electrons. The molecular weight excluding hydrogens is 468 g/mol. The molecule has 0 radical (unpaired) electrons. The number of hydrogen-bond donors (Lipinski definition) is 2. The van der Waals surface area contributed by atoms with Gasteiger partial charge in [-0.15, -0.1) is 16.8 Å². The number of allylic oxidation sites excluding steroid dienone is 1. The smallest absolute Gasteiger partial charge is 0.271 e. The molecule has 0 bridgehead atoms. The SMILES string of the molecule is C=CCn1c(SCC(=O)Nc2cc([N+](=O)[O-])ccc2C)nnc1[C@H](C)NC(=O)c1ccc(C)cc1. The van der Waals surface area contributed by atoms with E-state index in [1.807, 2.05) is 26.0 Å². The van der Waals surface area contributed by atoms with Crippen molar-refractivity contribution in [3.05, 3.63) is 87.7 Å². The van der Waals surface area contributed by atoms with E-state index in [1.54, 1.807) is 35.8 Å². The van der Waals surface area contributed by atoms with E-state index >= 15 is 0 Å². The molecule has 1 heterocycles. The maximum atomic E-state index is 12.6. The fraction of sp³-hybridized carbons (Fsp3) is 0.250. The van der Waals surface area contributed by atoms with Crippen LogP contribution in [0.4, 0.5) is 11.4 Å². The molecule has 0 fully saturated rings. The molecule has 0 aliphatic rings. The molecule has 0 aliphatic carbocycles. The number of nitrogens with zero attached hydrogens (tertiary/aromatic N) is 4. The number of non-ortho nitro benzene ring substituents is 1. The first-order valence-corrected chi connectivity index (χ1v) is 11.8. The predicted octanol–water partition coefficient (Wildman–Crippen LogP) is 4.21. The number of nitro groups is 1. The molecule has 3 aromatic rings. The molecule has 3 rings (SSSR count). The van der Waals surface area contributed by atoms with Crippen LogP contribution in [0.15, 0.2) is 60.3 Å². The summed E-state index contributed by atoms with van der Waals surface area (Å²) in [7, 11) is 0. The summed E-state index contributed by atoms with van der Waals surface area (Å²) in [6, 6.07) is 11.1. The second kappa shape index (κ2) is 11.4. The monoisotopic (exact) mass is 494 g/mol. The third kappa shape index (κ3) is 6.54. The van der Waals surface area contributed by atoms with Crippen LogP contribution in [-0.2, 0) is 11.3 Å². The first kappa shape index (κ1) is 25.6. The zero-order valence-electron chi connectivity index (χ0n) is 19.6. The third-order valence-electron chi connectivity index (χ3n) is 5.14. The Morgan fingerprint density at radius 1 is 1.20 bits per heavy atom. The van der Waals surface area contributed by atoms with Crippen LogP contribution < -0.4 is 10.6 Å². The van der Waals surface area contributed by atoms with E-state index in [1.165, 1.54) is 23.9 Å². The fourth-order valence-electron chi connectivity index (χ4n) is 3.25. The van der Waals surface area contributed by atoms with E-state index in [-0.39, 0.29) is 23.3 Å². The van der Waals surface area contributed by atoms with Crippen LogP contribution in [0.25, 0.3) is 0 Å². The van der Waals surface area contributed by atoms with Gasteiger partial charge in [-0.05, 0) is 38.5 Å². The second-order valence-electron chi connectivity index (χ2n) is 7.89. The topological polar surface area (TPSA) is 132 Å². The van der Waals surface area contributed by atoms with Crippen LogP contribution in [0, 0.1) is 24.0 Å². The van der Waals surface area contributed by atoms with Gasteiger partial charge in [0.15, 0.2) is 11.0 Å². The molecule has 2 aromatic carbocycles. The Balaban J connectivity index is 1.68. The van der Waals surface area contributed by atoms with E-state index in [0.717, 1.165) is 5.56 Å². The van der Waals surface area contributed by atoms with Gasteiger partial charge in [-0.1, -0.05) is 41.6 Å². The quantitative estimate of drug-likeness (QED) is 0.187. The molecule has 10 nitrogen and oxygen atoms in total. The Morgan fingerprint density at radius 3 is 2.57 bits per heavy atom. The zero-order valence-corrected chi connectivity index (χ0v) is 20.5. The highest BCUT2D eigenvalue weighted by Gasteiger charge is 2.21. The number of amides is 2. The molecule has 0 aliphatic heterocycles. The number of aromatic nitrogens is 3. The van der Waals surface area contributed by atoms with Gasteiger partial charge in [-0.3, -0.25) is 19.7 Å². The summed E-state index contributed by atoms with van der Waals surface area (Å²) in [6.45, 7) is 9.67. The van der Waals surface area contributed by atoms with Gasteiger partial charge >= 0.3 is 0 Å². The normalized spacial score (nSPS) is 11.5. The molecule has 1 atom stereocenters. The van der Waals surface area contributed by atoms with Crippen LogP contribution in [-0.4, -0.2) is 37.3 Å². The lowest BCUT2D eigenvalue weighted by Crippen LogP contribution is -2.28. The number of carbonyl (C=O) groups excluding carboxylic acids is 2. The first-order chi connectivity index (χ1) is 16.7. The Labute approximate surface area is 207 Å². The van der Waals surface area contributed by atoms with Crippen molar-refractivity contribution in [2.45, 2.75) is 38.5 Å². The number of rotatable bonds is 10.